The Labute approximate surface area is 223 Å². The molecular formula is C29H28BN2O5S. The summed E-state index contributed by atoms with van der Waals surface area (Å²) in [4.78, 5) is 13.1. The number of fused-ring (bicyclic) bond motifs is 2. The van der Waals surface area contributed by atoms with E-state index in [1.165, 1.54) is 10.6 Å². The molecule has 38 heavy (non-hydrogen) atoms. The lowest BCUT2D eigenvalue weighted by Gasteiger charge is -2.26. The second kappa shape index (κ2) is 9.03. The van der Waals surface area contributed by atoms with Gasteiger partial charge in [-0.1, -0.05) is 35.4 Å². The van der Waals surface area contributed by atoms with Gasteiger partial charge in [-0.15, -0.1) is 0 Å². The minimum absolute atomic E-state index is 0.209. The first kappa shape index (κ1) is 24.8. The first-order chi connectivity index (χ1) is 18.2. The largest absolute Gasteiger partial charge is 0.455 e. The van der Waals surface area contributed by atoms with Gasteiger partial charge in [-0.25, -0.2) is 12.7 Å². The maximum atomic E-state index is 13.3. The number of amides is 1. The van der Waals surface area contributed by atoms with E-state index in [0.717, 1.165) is 46.1 Å². The van der Waals surface area contributed by atoms with Crippen LogP contribution in [0, 0.1) is 13.8 Å². The van der Waals surface area contributed by atoms with E-state index in [2.05, 4.69) is 5.32 Å². The van der Waals surface area contributed by atoms with Crippen LogP contribution in [0.2, 0.25) is 0 Å². The first-order valence-electron chi connectivity index (χ1n) is 12.6. The second-order valence-corrected chi connectivity index (χ2v) is 12.1. The van der Waals surface area contributed by atoms with Gasteiger partial charge in [0.2, 0.25) is 10.0 Å². The first-order valence-corrected chi connectivity index (χ1v) is 14.5. The van der Waals surface area contributed by atoms with Crippen molar-refractivity contribution in [2.24, 2.45) is 0 Å². The highest BCUT2D eigenvalue weighted by Crippen LogP contribution is 2.49. The molecular weight excluding hydrogens is 499 g/mol. The third-order valence-electron chi connectivity index (χ3n) is 7.30. The van der Waals surface area contributed by atoms with Gasteiger partial charge >= 0.3 is 7.48 Å². The van der Waals surface area contributed by atoms with Crippen LogP contribution < -0.4 is 15.1 Å². The fourth-order valence-corrected chi connectivity index (χ4v) is 6.29. The standard InChI is InChI=1S/C29H28BN2O5S/c1-16-5-7-19(8-6-16)28-26(29(33)31-3)23-13-22(18-9-10-18)24(14-25(23)37-28)32(38(4,34)35)21-11-17(2)27-20(12-21)15-36-30-27/h5-8,11-14,18H,9-10,15H2,1-4H3,(H,31,33). The monoisotopic (exact) mass is 527 g/mol. The molecule has 7 nitrogen and oxygen atoms in total. The molecule has 1 aliphatic heterocycles. The summed E-state index contributed by atoms with van der Waals surface area (Å²) in [6.45, 7) is 4.36. The smallest absolute Gasteiger partial charge is 0.331 e. The summed E-state index contributed by atoms with van der Waals surface area (Å²) < 4.78 is 39.9. The second-order valence-electron chi connectivity index (χ2n) is 10.2. The fraction of sp³-hybridized carbons (Fsp3) is 0.276. The van der Waals surface area contributed by atoms with E-state index in [1.807, 2.05) is 56.3 Å². The lowest BCUT2D eigenvalue weighted by Crippen LogP contribution is -2.27. The van der Waals surface area contributed by atoms with Gasteiger partial charge in [0.05, 0.1) is 29.8 Å². The Morgan fingerprint density at radius 2 is 1.82 bits per heavy atom. The van der Waals surface area contributed by atoms with Crippen LogP contribution in [0.25, 0.3) is 22.3 Å². The predicted molar refractivity (Wildman–Crippen MR) is 150 cm³/mol. The molecule has 0 atom stereocenters. The van der Waals surface area contributed by atoms with Crippen LogP contribution in [0.3, 0.4) is 0 Å². The van der Waals surface area contributed by atoms with Crippen molar-refractivity contribution in [2.75, 3.05) is 17.6 Å². The van der Waals surface area contributed by atoms with Gasteiger partial charge in [0.25, 0.3) is 5.91 Å². The van der Waals surface area contributed by atoms with Gasteiger partial charge in [-0.05, 0) is 67.4 Å². The Morgan fingerprint density at radius 1 is 1.08 bits per heavy atom. The zero-order valence-corrected chi connectivity index (χ0v) is 22.6. The van der Waals surface area contributed by atoms with Gasteiger partial charge in [0.15, 0.2) is 0 Å². The average Bonchev–Trinajstić information content (AvgIpc) is 3.48. The van der Waals surface area contributed by atoms with Crippen molar-refractivity contribution in [3.8, 4) is 11.3 Å². The third kappa shape index (κ3) is 4.20. The summed E-state index contributed by atoms with van der Waals surface area (Å²) in [5, 5.41) is 3.42. The number of nitrogens with zero attached hydrogens (tertiary/aromatic N) is 1. The number of furan rings is 1. The van der Waals surface area contributed by atoms with Crippen molar-refractivity contribution in [3.63, 3.8) is 0 Å². The molecule has 1 saturated carbocycles. The van der Waals surface area contributed by atoms with Crippen LogP contribution in [0.1, 0.15) is 51.4 Å². The molecule has 1 aliphatic carbocycles. The van der Waals surface area contributed by atoms with Crippen LogP contribution >= 0.6 is 0 Å². The number of aryl methyl sites for hydroxylation is 2. The van der Waals surface area contributed by atoms with E-state index >= 15 is 0 Å². The fourth-order valence-electron chi connectivity index (χ4n) is 5.28. The molecule has 0 bridgehead atoms. The van der Waals surface area contributed by atoms with Crippen molar-refractivity contribution in [3.05, 3.63) is 76.3 Å². The molecule has 0 unspecified atom stereocenters. The molecule has 1 fully saturated rings. The number of carbonyl (C=O) groups excluding carboxylic acids is 1. The van der Waals surface area contributed by atoms with E-state index in [9.17, 15) is 13.2 Å². The summed E-state index contributed by atoms with van der Waals surface area (Å²) >= 11 is 0. The molecule has 2 heterocycles. The molecule has 1 radical (unpaired) electrons. The molecule has 193 valence electrons. The number of carbonyl (C=O) groups is 1. The van der Waals surface area contributed by atoms with Crippen molar-refractivity contribution < 1.29 is 22.3 Å². The van der Waals surface area contributed by atoms with Crippen molar-refractivity contribution in [1.29, 1.82) is 0 Å². The molecule has 1 N–H and O–H groups in total. The third-order valence-corrected chi connectivity index (χ3v) is 8.38. The van der Waals surface area contributed by atoms with Gasteiger partial charge in [0, 0.05) is 24.1 Å². The molecule has 3 aromatic carbocycles. The lowest BCUT2D eigenvalue weighted by molar-refractivity contribution is 0.0964. The number of sulfonamides is 1. The van der Waals surface area contributed by atoms with E-state index in [1.54, 1.807) is 20.6 Å². The Balaban J connectivity index is 1.61. The van der Waals surface area contributed by atoms with Gasteiger partial charge < -0.3 is 14.4 Å². The topological polar surface area (TPSA) is 88.8 Å². The molecule has 4 aromatic rings. The Morgan fingerprint density at radius 3 is 2.47 bits per heavy atom. The van der Waals surface area contributed by atoms with Gasteiger partial charge in [0.1, 0.15) is 11.3 Å². The summed E-state index contributed by atoms with van der Waals surface area (Å²) in [5.74, 6) is 0.422. The highest BCUT2D eigenvalue weighted by molar-refractivity contribution is 7.92. The predicted octanol–water partition coefficient (Wildman–Crippen LogP) is 4.83. The summed E-state index contributed by atoms with van der Waals surface area (Å²) in [5.41, 5.74) is 7.68. The maximum Gasteiger partial charge on any atom is 0.331 e. The highest BCUT2D eigenvalue weighted by atomic mass is 32.2. The molecule has 1 aromatic heterocycles. The zero-order valence-electron chi connectivity index (χ0n) is 21.8. The maximum absolute atomic E-state index is 13.3. The molecule has 2 aliphatic rings. The molecule has 0 saturated heterocycles. The Hall–Kier alpha value is -3.56. The minimum atomic E-state index is -3.72. The molecule has 9 heteroatoms. The molecule has 6 rings (SSSR count). The number of rotatable bonds is 6. The van der Waals surface area contributed by atoms with Crippen molar-refractivity contribution >= 4 is 51.2 Å². The van der Waals surface area contributed by atoms with Crippen LogP contribution in [0.15, 0.2) is 52.9 Å². The van der Waals surface area contributed by atoms with Gasteiger partial charge in [-0.2, -0.15) is 0 Å². The Kier molecular flexibility index (Phi) is 5.88. The average molecular weight is 527 g/mol. The lowest BCUT2D eigenvalue weighted by atomic mass is 9.83. The van der Waals surface area contributed by atoms with Crippen molar-refractivity contribution in [1.82, 2.24) is 5.32 Å². The number of benzene rings is 3. The highest BCUT2D eigenvalue weighted by Gasteiger charge is 2.34. The van der Waals surface area contributed by atoms with Gasteiger partial charge in [-0.3, -0.25) is 4.79 Å². The van der Waals surface area contributed by atoms with E-state index in [4.69, 9.17) is 9.07 Å². The summed E-state index contributed by atoms with van der Waals surface area (Å²) in [7, 11) is -0.407. The normalized spacial score (nSPS) is 14.8. The number of nitrogens with one attached hydrogen (secondary N) is 1. The minimum Gasteiger partial charge on any atom is -0.455 e. The summed E-state index contributed by atoms with van der Waals surface area (Å²) in [6, 6.07) is 15.3. The number of hydrogen-bond donors (Lipinski definition) is 1. The SMILES string of the molecule is CNC(=O)c1c(-c2ccc(C)cc2)oc2cc(N(c3cc(C)c4c(c3)CO[B]4)S(C)(=O)=O)c(C3CC3)cc12. The van der Waals surface area contributed by atoms with Crippen LogP contribution in [-0.2, 0) is 21.3 Å². The van der Waals surface area contributed by atoms with E-state index in [0.29, 0.717) is 40.3 Å². The van der Waals surface area contributed by atoms with Crippen LogP contribution in [-0.4, -0.2) is 35.1 Å². The number of hydrogen-bond acceptors (Lipinski definition) is 5. The number of anilines is 2. The molecule has 0 spiro atoms. The van der Waals surface area contributed by atoms with E-state index < -0.39 is 10.0 Å². The summed E-state index contributed by atoms with van der Waals surface area (Å²) in [6.07, 6.45) is 3.13. The van der Waals surface area contributed by atoms with E-state index in [-0.39, 0.29) is 11.8 Å². The van der Waals surface area contributed by atoms with Crippen molar-refractivity contribution in [2.45, 2.75) is 39.2 Å². The molecule has 1 amide bonds. The van der Waals surface area contributed by atoms with Crippen LogP contribution in [0.5, 0.6) is 0 Å². The zero-order chi connectivity index (χ0) is 26.8. The van der Waals surface area contributed by atoms with Crippen LogP contribution in [0.4, 0.5) is 11.4 Å². The Bertz CT molecular complexity index is 1710. The quantitative estimate of drug-likeness (QED) is 0.363.